The van der Waals surface area contributed by atoms with Gasteiger partial charge in [0.2, 0.25) is 0 Å². The number of rotatable bonds is 5. The first-order valence-corrected chi connectivity index (χ1v) is 11.2. The molecule has 0 saturated carbocycles. The van der Waals surface area contributed by atoms with Crippen molar-refractivity contribution >= 4 is 68.7 Å². The number of nitrogens with one attached hydrogen (secondary N) is 1. The highest BCUT2D eigenvalue weighted by atomic mass is 79.9. The van der Waals surface area contributed by atoms with Crippen LogP contribution in [0.4, 0.5) is 10.5 Å². The molecule has 0 spiro atoms. The number of para-hydroxylation sites is 1. The number of amides is 4. The third kappa shape index (κ3) is 5.11. The number of hydrogen-bond acceptors (Lipinski definition) is 4. The maximum atomic E-state index is 12.9. The second-order valence-corrected chi connectivity index (χ2v) is 8.71. The summed E-state index contributed by atoms with van der Waals surface area (Å²) in [5.74, 6) is -0.918. The van der Waals surface area contributed by atoms with Crippen molar-refractivity contribution in [3.8, 4) is 5.75 Å². The molecule has 166 valence electrons. The molecule has 0 aliphatic carbocycles. The van der Waals surface area contributed by atoms with Gasteiger partial charge in [-0.05, 0) is 64.0 Å². The van der Waals surface area contributed by atoms with Crippen molar-refractivity contribution in [2.24, 2.45) is 0 Å². The summed E-state index contributed by atoms with van der Waals surface area (Å²) in [6, 6.07) is 17.8. The Morgan fingerprint density at radius 1 is 0.970 bits per heavy atom. The molecular formula is C24H15BrCl2N2O4. The van der Waals surface area contributed by atoms with Crippen LogP contribution in [0.2, 0.25) is 10.0 Å². The van der Waals surface area contributed by atoms with E-state index in [9.17, 15) is 14.4 Å². The van der Waals surface area contributed by atoms with E-state index in [0.29, 0.717) is 31.5 Å². The molecule has 0 radical (unpaired) electrons. The van der Waals surface area contributed by atoms with Crippen LogP contribution in [0.15, 0.2) is 76.8 Å². The highest BCUT2D eigenvalue weighted by Crippen LogP contribution is 2.30. The van der Waals surface area contributed by atoms with Gasteiger partial charge in [-0.3, -0.25) is 14.9 Å². The number of nitrogens with zero attached hydrogens (tertiary/aromatic N) is 1. The molecule has 4 rings (SSSR count). The van der Waals surface area contributed by atoms with Crippen molar-refractivity contribution in [2.75, 3.05) is 4.90 Å². The van der Waals surface area contributed by atoms with Gasteiger partial charge in [0, 0.05) is 15.6 Å². The van der Waals surface area contributed by atoms with Gasteiger partial charge in [0.25, 0.3) is 11.8 Å². The van der Waals surface area contributed by atoms with Crippen LogP contribution in [0.5, 0.6) is 5.75 Å². The van der Waals surface area contributed by atoms with Crippen LogP contribution in [0, 0.1) is 0 Å². The summed E-state index contributed by atoms with van der Waals surface area (Å²) >= 11 is 15.5. The molecule has 3 aromatic carbocycles. The Kier molecular flexibility index (Phi) is 6.83. The Labute approximate surface area is 207 Å². The second kappa shape index (κ2) is 9.79. The van der Waals surface area contributed by atoms with Crippen molar-refractivity contribution in [1.29, 1.82) is 0 Å². The number of benzene rings is 3. The zero-order chi connectivity index (χ0) is 23.5. The molecule has 1 fully saturated rings. The van der Waals surface area contributed by atoms with Crippen molar-refractivity contribution < 1.29 is 19.1 Å². The van der Waals surface area contributed by atoms with Crippen LogP contribution in [-0.2, 0) is 16.2 Å². The number of imide groups is 2. The minimum Gasteiger partial charge on any atom is -0.488 e. The van der Waals surface area contributed by atoms with E-state index in [-0.39, 0.29) is 12.2 Å². The largest absolute Gasteiger partial charge is 0.488 e. The van der Waals surface area contributed by atoms with Gasteiger partial charge < -0.3 is 4.74 Å². The molecule has 1 aliphatic rings. The average Bonchev–Trinajstić information content (AvgIpc) is 2.78. The van der Waals surface area contributed by atoms with E-state index >= 15 is 0 Å². The number of anilines is 1. The summed E-state index contributed by atoms with van der Waals surface area (Å²) in [6.07, 6.45) is 1.42. The standard InChI is InChI=1S/C24H15BrCl2N2O4/c25-19-11-14(6-9-21(19)33-13-15-7-8-16(26)12-20(15)27)10-18-22(30)28-24(32)29(23(18)31)17-4-2-1-3-5-17/h1-12H,13H2,(H,28,30,32)/b18-10+. The predicted molar refractivity (Wildman–Crippen MR) is 130 cm³/mol. The zero-order valence-corrected chi connectivity index (χ0v) is 19.9. The van der Waals surface area contributed by atoms with E-state index < -0.39 is 17.8 Å². The van der Waals surface area contributed by atoms with Gasteiger partial charge in [0.15, 0.2) is 0 Å². The lowest BCUT2D eigenvalue weighted by Crippen LogP contribution is -2.54. The number of ether oxygens (including phenoxy) is 1. The van der Waals surface area contributed by atoms with E-state index in [1.165, 1.54) is 6.08 Å². The maximum absolute atomic E-state index is 12.9. The molecule has 1 heterocycles. The smallest absolute Gasteiger partial charge is 0.335 e. The first-order chi connectivity index (χ1) is 15.8. The molecule has 6 nitrogen and oxygen atoms in total. The summed E-state index contributed by atoms with van der Waals surface area (Å²) in [5.41, 5.74) is 1.55. The summed E-state index contributed by atoms with van der Waals surface area (Å²) < 4.78 is 6.44. The zero-order valence-electron chi connectivity index (χ0n) is 16.8. The molecule has 1 aliphatic heterocycles. The fourth-order valence-electron chi connectivity index (χ4n) is 3.15. The van der Waals surface area contributed by atoms with Gasteiger partial charge in [0.1, 0.15) is 17.9 Å². The van der Waals surface area contributed by atoms with Gasteiger partial charge in [-0.15, -0.1) is 0 Å². The van der Waals surface area contributed by atoms with Crippen LogP contribution in [0.3, 0.4) is 0 Å². The molecule has 1 saturated heterocycles. The number of barbiturate groups is 1. The number of carbonyl (C=O) groups is 3. The Morgan fingerprint density at radius 2 is 1.73 bits per heavy atom. The number of hydrogen-bond donors (Lipinski definition) is 1. The molecule has 33 heavy (non-hydrogen) atoms. The van der Waals surface area contributed by atoms with Crippen molar-refractivity contribution in [3.63, 3.8) is 0 Å². The molecule has 4 amide bonds. The van der Waals surface area contributed by atoms with E-state index in [0.717, 1.165) is 10.5 Å². The van der Waals surface area contributed by atoms with E-state index in [1.807, 2.05) is 0 Å². The van der Waals surface area contributed by atoms with Crippen molar-refractivity contribution in [3.05, 3.63) is 97.9 Å². The van der Waals surface area contributed by atoms with Gasteiger partial charge in [-0.1, -0.05) is 53.5 Å². The van der Waals surface area contributed by atoms with Crippen LogP contribution in [0.1, 0.15) is 11.1 Å². The average molecular weight is 546 g/mol. The van der Waals surface area contributed by atoms with Crippen molar-refractivity contribution in [1.82, 2.24) is 5.32 Å². The first-order valence-electron chi connectivity index (χ1n) is 9.66. The molecule has 3 aromatic rings. The van der Waals surface area contributed by atoms with Crippen LogP contribution in [0.25, 0.3) is 6.08 Å². The molecule has 0 unspecified atom stereocenters. The first kappa shape index (κ1) is 23.0. The molecule has 0 atom stereocenters. The van der Waals surface area contributed by atoms with Gasteiger partial charge in [-0.2, -0.15) is 0 Å². The third-order valence-electron chi connectivity index (χ3n) is 4.78. The lowest BCUT2D eigenvalue weighted by molar-refractivity contribution is -0.122. The maximum Gasteiger partial charge on any atom is 0.335 e. The SMILES string of the molecule is O=C1NC(=O)N(c2ccccc2)C(=O)/C1=C/c1ccc(OCc2ccc(Cl)cc2Cl)c(Br)c1. The summed E-state index contributed by atoms with van der Waals surface area (Å²) in [5, 5.41) is 3.24. The minimum absolute atomic E-state index is 0.160. The lowest BCUT2D eigenvalue weighted by atomic mass is 10.1. The third-order valence-corrected chi connectivity index (χ3v) is 5.99. The topological polar surface area (TPSA) is 75.7 Å². The molecule has 1 N–H and O–H groups in total. The highest BCUT2D eigenvalue weighted by Gasteiger charge is 2.36. The van der Waals surface area contributed by atoms with E-state index in [1.54, 1.807) is 66.7 Å². The molecule has 0 bridgehead atoms. The summed E-state index contributed by atoms with van der Waals surface area (Å²) in [7, 11) is 0. The second-order valence-electron chi connectivity index (χ2n) is 7.01. The molecular weight excluding hydrogens is 531 g/mol. The Balaban J connectivity index is 1.55. The van der Waals surface area contributed by atoms with Crippen molar-refractivity contribution in [2.45, 2.75) is 6.61 Å². The summed E-state index contributed by atoms with van der Waals surface area (Å²) in [4.78, 5) is 38.5. The minimum atomic E-state index is -0.792. The Hall–Kier alpha value is -3.13. The van der Waals surface area contributed by atoms with Gasteiger partial charge >= 0.3 is 6.03 Å². The number of urea groups is 1. The fraction of sp³-hybridized carbons (Fsp3) is 0.0417. The quantitative estimate of drug-likeness (QED) is 0.315. The van der Waals surface area contributed by atoms with Gasteiger partial charge in [-0.25, -0.2) is 9.69 Å². The highest BCUT2D eigenvalue weighted by molar-refractivity contribution is 9.10. The lowest BCUT2D eigenvalue weighted by Gasteiger charge is -2.26. The molecule has 0 aromatic heterocycles. The predicted octanol–water partition coefficient (Wildman–Crippen LogP) is 6.00. The normalized spacial score (nSPS) is 15.1. The van der Waals surface area contributed by atoms with Crippen LogP contribution >= 0.6 is 39.1 Å². The van der Waals surface area contributed by atoms with Crippen LogP contribution < -0.4 is 15.0 Å². The molecule has 9 heteroatoms. The summed E-state index contributed by atoms with van der Waals surface area (Å²) in [6.45, 7) is 0.226. The fourth-order valence-corrected chi connectivity index (χ4v) is 4.13. The van der Waals surface area contributed by atoms with Gasteiger partial charge in [0.05, 0.1) is 10.2 Å². The number of carbonyl (C=O) groups excluding carboxylic acids is 3. The Morgan fingerprint density at radius 3 is 2.42 bits per heavy atom. The monoisotopic (exact) mass is 544 g/mol. The number of halogens is 3. The van der Waals surface area contributed by atoms with E-state index in [2.05, 4.69) is 21.2 Å². The van der Waals surface area contributed by atoms with Crippen LogP contribution in [-0.4, -0.2) is 17.8 Å². The van der Waals surface area contributed by atoms with E-state index in [4.69, 9.17) is 27.9 Å². The Bertz CT molecular complexity index is 1290.